The fourth-order valence-corrected chi connectivity index (χ4v) is 10.7. The van der Waals surface area contributed by atoms with Gasteiger partial charge in [0.2, 0.25) is 0 Å². The average Bonchev–Trinajstić information content (AvgIpc) is 0.839. The molecular weight excluding hydrogens is 1520 g/mol. The Morgan fingerprint density at radius 3 is 0.946 bits per heavy atom. The first kappa shape index (κ1) is 78.0. The molecule has 478 valence electrons. The molecule has 0 aliphatic rings. The van der Waals surface area contributed by atoms with Crippen molar-refractivity contribution in [1.82, 2.24) is 9.97 Å². The van der Waals surface area contributed by atoms with Crippen molar-refractivity contribution in [1.29, 1.82) is 0 Å². The summed E-state index contributed by atoms with van der Waals surface area (Å²) in [6, 6.07) is 88.4. The Hall–Kier alpha value is -5.68. The van der Waals surface area contributed by atoms with Crippen LogP contribution in [0, 0.1) is 20.8 Å². The van der Waals surface area contributed by atoms with E-state index >= 15 is 0 Å². The van der Waals surface area contributed by atoms with E-state index in [2.05, 4.69) is 286 Å². The maximum atomic E-state index is 10.1. The molecule has 11 rings (SSSR count). The van der Waals surface area contributed by atoms with E-state index in [-0.39, 0.29) is 43.8 Å². The Kier molecular flexibility index (Phi) is 39.6. The van der Waals surface area contributed by atoms with Gasteiger partial charge in [0.25, 0.3) is 0 Å². The minimum atomic E-state index is -1.00. The molecule has 0 atom stereocenters. The molecule has 9 aromatic carbocycles. The van der Waals surface area contributed by atoms with Crippen molar-refractivity contribution in [2.24, 2.45) is 0 Å². The van der Waals surface area contributed by atoms with Crippen molar-refractivity contribution in [3.05, 3.63) is 347 Å². The molecule has 0 spiro atoms. The predicted octanol–water partition coefficient (Wildman–Crippen LogP) is 16.4. The summed E-state index contributed by atoms with van der Waals surface area (Å²) in [5.41, 5.74) is 12.5. The molecule has 0 saturated heterocycles. The molecule has 0 amide bonds. The standard InChI is InChI=1S/C21H21NO2.C18H15P.C15H15BrO.C15H16O2.C6H6NO.CBr4.CH3F.Na/c1-17-2-4-19(5-3-17)16-24-21-8-6-18(7-9-21)14-23-15-20-10-12-22-13-11-20;1-4-10-16(11-5-1)19(17-12-6-2-7-13-17)18-14-8-3-9-15-18;2*1-12-2-4-14(5-3-12)11-17-15-8-6-13(10-16)7-9-15;8-5-6-1-3-7-4-2-6;2-1(3,4)5;1-2;/h2-13H,14-16H2,1H3;1-15H;2-9H,10-11H2,1H3;2-9,16H,10-11H2,1H3;1-4H,5H2;;1H3;/q;;;;-1;;;+1/i;;;;;;1D;. The summed E-state index contributed by atoms with van der Waals surface area (Å²) < 4.78 is 38.1. The molecule has 0 unspecified atom stereocenters. The topological polar surface area (TPSA) is 106 Å². The summed E-state index contributed by atoms with van der Waals surface area (Å²) >= 11 is 15.9. The van der Waals surface area contributed by atoms with E-state index in [1.54, 1.807) is 36.9 Å². The smallest absolute Gasteiger partial charge is 0.851 e. The second-order valence-electron chi connectivity index (χ2n) is 20.2. The van der Waals surface area contributed by atoms with E-state index in [1.165, 1.54) is 49.3 Å². The zero-order chi connectivity index (χ0) is 66.7. The van der Waals surface area contributed by atoms with Gasteiger partial charge in [-0.05, 0) is 208 Å². The number of rotatable bonds is 19. The zero-order valence-electron chi connectivity index (χ0n) is 53.6. The van der Waals surface area contributed by atoms with Gasteiger partial charge in [0.15, 0.2) is 1.05 Å². The average molecular weight is 1600 g/mol. The Bertz CT molecular complexity index is 3470. The molecule has 2 aromatic heterocycles. The fourth-order valence-electron chi connectivity index (χ4n) is 8.02. The van der Waals surface area contributed by atoms with Gasteiger partial charge in [-0.1, -0.05) is 238 Å². The van der Waals surface area contributed by atoms with Gasteiger partial charge in [-0.15, -0.1) is 6.61 Å². The van der Waals surface area contributed by atoms with Gasteiger partial charge in [0.05, 0.1) is 28.3 Å². The number of alkyl halides is 6. The summed E-state index contributed by atoms with van der Waals surface area (Å²) in [4.78, 5) is 7.75. The van der Waals surface area contributed by atoms with Gasteiger partial charge < -0.3 is 29.2 Å². The van der Waals surface area contributed by atoms with Crippen LogP contribution in [0.1, 0.15) is 62.6 Å². The Morgan fingerprint density at radius 2 is 0.667 bits per heavy atom. The van der Waals surface area contributed by atoms with Crippen molar-refractivity contribution >= 4 is 103 Å². The minimum Gasteiger partial charge on any atom is -0.851 e. The number of benzene rings is 9. The number of halogens is 6. The van der Waals surface area contributed by atoms with E-state index < -0.39 is 15.1 Å². The predicted molar refractivity (Wildman–Crippen MR) is 396 cm³/mol. The third-order valence-corrected chi connectivity index (χ3v) is 16.0. The second-order valence-corrected chi connectivity index (χ2v) is 34.1. The molecule has 0 saturated carbocycles. The molecule has 8 nitrogen and oxygen atoms in total. The third kappa shape index (κ3) is 34.5. The summed E-state index contributed by atoms with van der Waals surface area (Å²) in [6.07, 6.45) is 6.79. The van der Waals surface area contributed by atoms with E-state index in [9.17, 15) is 9.50 Å². The normalized spacial score (nSPS) is 10.3. The molecule has 1 N–H and O–H groups in total. The van der Waals surface area contributed by atoms with Crippen LogP contribution in [0.15, 0.2) is 286 Å². The molecule has 11 aromatic rings. The van der Waals surface area contributed by atoms with Gasteiger partial charge in [-0.2, -0.15) is 0 Å². The maximum Gasteiger partial charge on any atom is 1.00 e. The van der Waals surface area contributed by atoms with Gasteiger partial charge in [0, 0.05) is 30.1 Å². The molecule has 0 aliphatic carbocycles. The van der Waals surface area contributed by atoms with Gasteiger partial charge >= 0.3 is 29.6 Å². The monoisotopic (exact) mass is 1590 g/mol. The fraction of sp³-hybridized carbons (Fsp3) is 0.169. The van der Waals surface area contributed by atoms with Crippen LogP contribution in [0.4, 0.5) is 4.39 Å². The summed E-state index contributed by atoms with van der Waals surface area (Å²) in [5.74, 6) is 2.60. The number of ether oxygens (including phenoxy) is 4. The van der Waals surface area contributed by atoms with E-state index in [0.717, 1.165) is 50.4 Å². The number of aromatic nitrogens is 2. The first-order valence-electron chi connectivity index (χ1n) is 29.8. The van der Waals surface area contributed by atoms with Gasteiger partial charge in [-0.3, -0.25) is 14.4 Å². The number of nitrogens with zero attached hydrogens (tertiary/aromatic N) is 2. The number of aryl methyl sites for hydroxylation is 3. The van der Waals surface area contributed by atoms with Crippen molar-refractivity contribution in [2.75, 3.05) is 7.15 Å². The summed E-state index contributed by atoms with van der Waals surface area (Å²) in [5, 5.41) is 24.1. The number of hydrogen-bond donors (Lipinski definition) is 1. The van der Waals surface area contributed by atoms with Gasteiger partial charge in [0.1, 0.15) is 37.1 Å². The zero-order valence-corrected chi connectivity index (χ0v) is 63.4. The van der Waals surface area contributed by atoms with E-state index in [1.807, 2.05) is 72.8 Å². The van der Waals surface area contributed by atoms with Crippen LogP contribution in [0.2, 0.25) is 0 Å². The SMILES string of the molecule is BrC(Br)(Br)Br.Cc1ccc(COc2ccc(CBr)cc2)cc1.Cc1ccc(COc2ccc(CO)cc2)cc1.Cc1ccc(COc2ccc(COCc3ccncc3)cc2)cc1.[2H]CF.[Na+].[O-]Cc1ccncc1.c1ccc(P(c2ccccc2)c2ccccc2)cc1. The third-order valence-electron chi connectivity index (χ3n) is 12.9. The molecule has 0 fully saturated rings. The van der Waals surface area contributed by atoms with Crippen molar-refractivity contribution in [3.63, 3.8) is 0 Å². The number of hydrogen-bond acceptors (Lipinski definition) is 8. The largest absolute Gasteiger partial charge is 1.00 e. The minimum absolute atomic E-state index is 0. The first-order valence-corrected chi connectivity index (χ1v) is 34.8. The molecule has 2 heterocycles. The van der Waals surface area contributed by atoms with Crippen LogP contribution < -0.4 is 64.8 Å². The van der Waals surface area contributed by atoms with Crippen LogP contribution in [-0.4, -0.2) is 23.3 Å². The number of pyridine rings is 2. The maximum absolute atomic E-state index is 10.1. The Balaban J connectivity index is 0.000000248. The quantitative estimate of drug-likeness (QED) is 0.0485. The van der Waals surface area contributed by atoms with Crippen LogP contribution in [-0.2, 0) is 56.3 Å². The molecule has 93 heavy (non-hydrogen) atoms. The van der Waals surface area contributed by atoms with Crippen LogP contribution in [0.5, 0.6) is 17.2 Å². The summed E-state index contributed by atoms with van der Waals surface area (Å²) in [7, 11) is -1.45. The molecule has 0 aliphatic heterocycles. The van der Waals surface area contributed by atoms with Crippen molar-refractivity contribution in [2.45, 2.75) is 73.4 Å². The van der Waals surface area contributed by atoms with Crippen LogP contribution in [0.3, 0.4) is 0 Å². The number of aliphatic hydroxyl groups excluding tert-OH is 1. The van der Waals surface area contributed by atoms with E-state index in [4.69, 9.17) is 25.4 Å². The molecule has 0 radical (unpaired) electrons. The molecular formula is C77H76Br5FN2NaO6P. The van der Waals surface area contributed by atoms with Gasteiger partial charge in [-0.25, -0.2) is 0 Å². The van der Waals surface area contributed by atoms with Crippen LogP contribution >= 0.6 is 87.6 Å². The Morgan fingerprint density at radius 1 is 0.409 bits per heavy atom. The van der Waals surface area contributed by atoms with Crippen molar-refractivity contribution < 1.29 is 64.5 Å². The number of aliphatic hydroxyl groups is 1. The van der Waals surface area contributed by atoms with E-state index in [0.29, 0.717) is 33.0 Å². The Labute approximate surface area is 616 Å². The molecule has 16 heteroatoms. The van der Waals surface area contributed by atoms with Crippen molar-refractivity contribution in [3.8, 4) is 17.2 Å². The second kappa shape index (κ2) is 47.3. The first-order chi connectivity index (χ1) is 45.1. The van der Waals surface area contributed by atoms with Crippen LogP contribution in [0.25, 0.3) is 0 Å². The summed E-state index contributed by atoms with van der Waals surface area (Å²) in [6.45, 7) is 9.10. The molecule has 0 bridgehead atoms.